The van der Waals surface area contributed by atoms with Gasteiger partial charge >= 0.3 is 6.09 Å². The molecule has 0 saturated heterocycles. The molecule has 1 aromatic carbocycles. The number of ether oxygens (including phenoxy) is 1. The van der Waals surface area contributed by atoms with E-state index in [0.29, 0.717) is 12.0 Å². The summed E-state index contributed by atoms with van der Waals surface area (Å²) in [6.07, 6.45) is -0.795. The molecule has 0 saturated carbocycles. The van der Waals surface area contributed by atoms with Crippen LogP contribution in [0.3, 0.4) is 0 Å². The van der Waals surface area contributed by atoms with E-state index < -0.39 is 47.6 Å². The minimum Gasteiger partial charge on any atom is -0.444 e. The van der Waals surface area contributed by atoms with Crippen LogP contribution < -0.4 is 16.4 Å². The molecule has 36 heavy (non-hydrogen) atoms. The van der Waals surface area contributed by atoms with Crippen molar-refractivity contribution in [2.45, 2.75) is 111 Å². The molecule has 0 heterocycles. The van der Waals surface area contributed by atoms with Crippen LogP contribution in [0, 0.1) is 13.8 Å². The lowest BCUT2D eigenvalue weighted by Crippen LogP contribution is -2.60. The number of nitrogens with one attached hydrogen (secondary N) is 2. The van der Waals surface area contributed by atoms with Gasteiger partial charge in [-0.2, -0.15) is 0 Å². The van der Waals surface area contributed by atoms with Crippen LogP contribution in [0.15, 0.2) is 18.2 Å². The molecule has 0 bridgehead atoms. The van der Waals surface area contributed by atoms with Crippen LogP contribution in [0.1, 0.15) is 91.0 Å². The molecule has 1 aromatic rings. The standard InChI is InChI=1S/C27H44N4O5/c1-11-27(9,10)31(24(34)20(15-21(28)32)30-25(35)36-26(6,7)8)22(23(33)29-16(2)3)19-14-17(4)12-13-18(19)5/h12-14,16,20,22H,11,15H2,1-10H3,(H2,28,32)(H,29,33)(H,30,35). The molecule has 4 N–H and O–H groups in total. The number of hydrogen-bond acceptors (Lipinski definition) is 5. The first-order valence-corrected chi connectivity index (χ1v) is 12.4. The number of hydrogen-bond donors (Lipinski definition) is 3. The Labute approximate surface area is 215 Å². The fourth-order valence-electron chi connectivity index (χ4n) is 3.78. The number of benzene rings is 1. The van der Waals surface area contributed by atoms with Gasteiger partial charge in [0.1, 0.15) is 17.7 Å². The van der Waals surface area contributed by atoms with E-state index in [1.54, 1.807) is 20.8 Å². The second-order valence-corrected chi connectivity index (χ2v) is 11.2. The number of carbonyl (C=O) groups is 4. The Bertz CT molecular complexity index is 965. The maximum Gasteiger partial charge on any atom is 0.408 e. The van der Waals surface area contributed by atoms with Crippen molar-refractivity contribution in [3.63, 3.8) is 0 Å². The predicted octanol–water partition coefficient (Wildman–Crippen LogP) is 3.66. The first-order valence-electron chi connectivity index (χ1n) is 12.4. The van der Waals surface area contributed by atoms with Gasteiger partial charge in [0.2, 0.25) is 17.7 Å². The van der Waals surface area contributed by atoms with Gasteiger partial charge in [-0.1, -0.05) is 30.7 Å². The molecule has 0 radical (unpaired) electrons. The molecule has 9 nitrogen and oxygen atoms in total. The Balaban J connectivity index is 3.73. The lowest BCUT2D eigenvalue weighted by Gasteiger charge is -2.45. The van der Waals surface area contributed by atoms with E-state index in [2.05, 4.69) is 10.6 Å². The van der Waals surface area contributed by atoms with Gasteiger partial charge in [-0.3, -0.25) is 14.4 Å². The number of alkyl carbamates (subject to hydrolysis) is 1. The fourth-order valence-corrected chi connectivity index (χ4v) is 3.78. The average molecular weight is 505 g/mol. The Morgan fingerprint density at radius 3 is 2.08 bits per heavy atom. The van der Waals surface area contributed by atoms with Crippen molar-refractivity contribution >= 4 is 23.8 Å². The maximum atomic E-state index is 14.2. The highest BCUT2D eigenvalue weighted by Crippen LogP contribution is 2.34. The summed E-state index contributed by atoms with van der Waals surface area (Å²) < 4.78 is 5.32. The number of rotatable bonds is 10. The summed E-state index contributed by atoms with van der Waals surface area (Å²) in [6.45, 7) is 18.2. The molecular formula is C27H44N4O5. The lowest BCUT2D eigenvalue weighted by molar-refractivity contribution is -0.150. The summed E-state index contributed by atoms with van der Waals surface area (Å²) in [4.78, 5) is 53.8. The molecule has 1 rings (SSSR count). The van der Waals surface area contributed by atoms with Crippen molar-refractivity contribution in [3.8, 4) is 0 Å². The number of amides is 4. The van der Waals surface area contributed by atoms with Gasteiger partial charge in [0.25, 0.3) is 0 Å². The monoisotopic (exact) mass is 504 g/mol. The van der Waals surface area contributed by atoms with Crippen LogP contribution in [0.2, 0.25) is 0 Å². The zero-order valence-corrected chi connectivity index (χ0v) is 23.4. The third-order valence-corrected chi connectivity index (χ3v) is 5.82. The molecule has 2 atom stereocenters. The Kier molecular flexibility index (Phi) is 10.5. The highest BCUT2D eigenvalue weighted by Gasteiger charge is 2.44. The van der Waals surface area contributed by atoms with E-state index in [0.717, 1.165) is 11.1 Å². The van der Waals surface area contributed by atoms with Crippen LogP contribution >= 0.6 is 0 Å². The quantitative estimate of drug-likeness (QED) is 0.448. The fraction of sp³-hybridized carbons (Fsp3) is 0.630. The van der Waals surface area contributed by atoms with E-state index in [-0.39, 0.29) is 11.9 Å². The van der Waals surface area contributed by atoms with Gasteiger partial charge in [0.05, 0.1) is 6.42 Å². The molecule has 0 aliphatic heterocycles. The van der Waals surface area contributed by atoms with E-state index in [1.165, 1.54) is 4.90 Å². The minimum absolute atomic E-state index is 0.173. The Hall–Kier alpha value is -3.10. The molecule has 0 fully saturated rings. The van der Waals surface area contributed by atoms with Gasteiger partial charge < -0.3 is 26.0 Å². The predicted molar refractivity (Wildman–Crippen MR) is 140 cm³/mol. The highest BCUT2D eigenvalue weighted by molar-refractivity contribution is 5.95. The smallest absolute Gasteiger partial charge is 0.408 e. The molecule has 2 unspecified atom stereocenters. The first kappa shape index (κ1) is 30.9. The van der Waals surface area contributed by atoms with Gasteiger partial charge in [-0.25, -0.2) is 4.79 Å². The average Bonchev–Trinajstić information content (AvgIpc) is 2.70. The molecule has 0 aliphatic rings. The van der Waals surface area contributed by atoms with E-state index in [1.807, 2.05) is 66.7 Å². The molecule has 0 aromatic heterocycles. The number of nitrogens with two attached hydrogens (primary N) is 1. The largest absolute Gasteiger partial charge is 0.444 e. The molecular weight excluding hydrogens is 460 g/mol. The summed E-state index contributed by atoms with van der Waals surface area (Å²) in [5.41, 5.74) is 6.25. The van der Waals surface area contributed by atoms with E-state index in [9.17, 15) is 19.2 Å². The van der Waals surface area contributed by atoms with Crippen molar-refractivity contribution in [3.05, 3.63) is 34.9 Å². The number of nitrogens with zero attached hydrogens (tertiary/aromatic N) is 1. The van der Waals surface area contributed by atoms with Crippen molar-refractivity contribution < 1.29 is 23.9 Å². The Morgan fingerprint density at radius 1 is 1.03 bits per heavy atom. The van der Waals surface area contributed by atoms with Crippen LogP contribution in [0.25, 0.3) is 0 Å². The zero-order valence-electron chi connectivity index (χ0n) is 23.4. The third kappa shape index (κ3) is 8.84. The van der Waals surface area contributed by atoms with Gasteiger partial charge in [-0.05, 0) is 79.9 Å². The van der Waals surface area contributed by atoms with Gasteiger partial charge in [0.15, 0.2) is 0 Å². The summed E-state index contributed by atoms with van der Waals surface area (Å²) >= 11 is 0. The number of aryl methyl sites for hydroxylation is 2. The van der Waals surface area contributed by atoms with Gasteiger partial charge in [-0.15, -0.1) is 0 Å². The zero-order chi connectivity index (χ0) is 28.0. The molecule has 0 aliphatic carbocycles. The van der Waals surface area contributed by atoms with Crippen molar-refractivity contribution in [2.24, 2.45) is 5.73 Å². The molecule has 4 amide bonds. The van der Waals surface area contributed by atoms with Crippen LogP contribution in [-0.2, 0) is 19.1 Å². The van der Waals surface area contributed by atoms with Crippen LogP contribution in [0.5, 0.6) is 0 Å². The molecule has 202 valence electrons. The Morgan fingerprint density at radius 2 is 1.61 bits per heavy atom. The SMILES string of the molecule is CCC(C)(C)N(C(=O)C(CC(N)=O)NC(=O)OC(C)(C)C)C(C(=O)NC(C)C)c1cc(C)ccc1C. The molecule has 9 heteroatoms. The van der Waals surface area contributed by atoms with E-state index in [4.69, 9.17) is 10.5 Å². The van der Waals surface area contributed by atoms with Crippen LogP contribution in [-0.4, -0.2) is 51.9 Å². The normalized spacial score (nSPS) is 13.5. The lowest BCUT2D eigenvalue weighted by atomic mass is 9.89. The second kappa shape index (κ2) is 12.2. The summed E-state index contributed by atoms with van der Waals surface area (Å²) in [5, 5.41) is 5.44. The first-order chi connectivity index (χ1) is 16.4. The number of carbonyl (C=O) groups excluding carboxylic acids is 4. The van der Waals surface area contributed by atoms with Crippen molar-refractivity contribution in [1.29, 1.82) is 0 Å². The molecule has 0 spiro atoms. The minimum atomic E-state index is -1.32. The van der Waals surface area contributed by atoms with E-state index >= 15 is 0 Å². The van der Waals surface area contributed by atoms with Gasteiger partial charge in [0, 0.05) is 11.6 Å². The number of primary amides is 1. The second-order valence-electron chi connectivity index (χ2n) is 11.2. The van der Waals surface area contributed by atoms with Crippen molar-refractivity contribution in [1.82, 2.24) is 15.5 Å². The topological polar surface area (TPSA) is 131 Å². The maximum absolute atomic E-state index is 14.2. The summed E-state index contributed by atoms with van der Waals surface area (Å²) in [5.74, 6) is -1.73. The third-order valence-electron chi connectivity index (χ3n) is 5.82. The van der Waals surface area contributed by atoms with Crippen LogP contribution in [0.4, 0.5) is 4.79 Å². The highest BCUT2D eigenvalue weighted by atomic mass is 16.6. The summed E-state index contributed by atoms with van der Waals surface area (Å²) in [7, 11) is 0. The summed E-state index contributed by atoms with van der Waals surface area (Å²) in [6, 6.07) is 3.23. The van der Waals surface area contributed by atoms with Crippen molar-refractivity contribution in [2.75, 3.05) is 0 Å².